The van der Waals surface area contributed by atoms with Crippen LogP contribution in [0.2, 0.25) is 0 Å². The lowest BCUT2D eigenvalue weighted by atomic mass is 9.69. The number of hydrogen-bond acceptors (Lipinski definition) is 4. The molecule has 2 fully saturated rings. The molecule has 0 aromatic carbocycles. The molecule has 1 aromatic heterocycles. The van der Waals surface area contributed by atoms with Crippen molar-refractivity contribution < 1.29 is 13.5 Å². The second-order valence-corrected chi connectivity index (χ2v) is 10.5. The van der Waals surface area contributed by atoms with E-state index in [2.05, 4.69) is 25.5 Å². The van der Waals surface area contributed by atoms with Crippen LogP contribution in [-0.4, -0.2) is 19.6 Å². The molecule has 118 valence electrons. The Morgan fingerprint density at radius 1 is 1.38 bits per heavy atom. The third kappa shape index (κ3) is 2.36. The average molecular weight is 329 g/mol. The van der Waals surface area contributed by atoms with Gasteiger partial charge in [-0.15, -0.1) is 11.3 Å². The van der Waals surface area contributed by atoms with Crippen LogP contribution in [0.5, 0.6) is 0 Å². The number of nitrogens with one attached hydrogen (secondary N) is 1. The van der Waals surface area contributed by atoms with Crippen LogP contribution in [0.4, 0.5) is 0 Å². The van der Waals surface area contributed by atoms with Gasteiger partial charge in [-0.2, -0.15) is 0 Å². The van der Waals surface area contributed by atoms with Crippen LogP contribution >= 0.6 is 11.3 Å². The Labute approximate surface area is 130 Å². The minimum absolute atomic E-state index is 0.00284. The SMILES string of the molecule is CC12CCC(C1)C(C)(C)C2NS(=O)(=O)c1ccc(CO)s1. The van der Waals surface area contributed by atoms with Crippen molar-refractivity contribution in [1.82, 2.24) is 4.72 Å². The summed E-state index contributed by atoms with van der Waals surface area (Å²) in [5.74, 6) is 0.603. The highest BCUT2D eigenvalue weighted by atomic mass is 32.2. The van der Waals surface area contributed by atoms with Crippen molar-refractivity contribution in [3.63, 3.8) is 0 Å². The minimum Gasteiger partial charge on any atom is -0.391 e. The summed E-state index contributed by atoms with van der Waals surface area (Å²) in [4.78, 5) is 0.675. The van der Waals surface area contributed by atoms with Crippen LogP contribution in [0.1, 0.15) is 44.9 Å². The summed E-state index contributed by atoms with van der Waals surface area (Å²) in [6.07, 6.45) is 3.41. The molecule has 1 aromatic rings. The standard InChI is InChI=1S/C15H23NO3S2/c1-14(2)10-6-7-15(3,8-10)13(14)16-21(18,19)12-5-4-11(9-17)20-12/h4-5,10,13,16-17H,6-9H2,1-3H3. The highest BCUT2D eigenvalue weighted by Gasteiger charge is 2.60. The maximum Gasteiger partial charge on any atom is 0.250 e. The first-order valence-electron chi connectivity index (χ1n) is 7.41. The molecule has 2 saturated carbocycles. The van der Waals surface area contributed by atoms with Crippen molar-refractivity contribution in [1.29, 1.82) is 0 Å². The fourth-order valence-corrected chi connectivity index (χ4v) is 7.16. The van der Waals surface area contributed by atoms with Crippen molar-refractivity contribution in [2.24, 2.45) is 16.7 Å². The van der Waals surface area contributed by atoms with Gasteiger partial charge in [0.1, 0.15) is 4.21 Å². The number of aliphatic hydroxyl groups is 1. The first-order valence-corrected chi connectivity index (χ1v) is 9.71. The van der Waals surface area contributed by atoms with Gasteiger partial charge in [-0.1, -0.05) is 20.8 Å². The first-order chi connectivity index (χ1) is 9.69. The van der Waals surface area contributed by atoms with E-state index in [9.17, 15) is 8.42 Å². The third-order valence-electron chi connectivity index (χ3n) is 5.60. The first kappa shape index (κ1) is 15.5. The lowest BCUT2D eigenvalue weighted by Gasteiger charge is -2.42. The molecule has 3 atom stereocenters. The second kappa shape index (κ2) is 4.78. The largest absolute Gasteiger partial charge is 0.391 e. The van der Waals surface area contributed by atoms with Crippen LogP contribution in [0, 0.1) is 16.7 Å². The minimum atomic E-state index is -3.51. The fourth-order valence-electron chi connectivity index (χ4n) is 4.40. The molecule has 4 nitrogen and oxygen atoms in total. The van der Waals surface area contributed by atoms with E-state index in [0.29, 0.717) is 15.0 Å². The maximum absolute atomic E-state index is 12.6. The Hall–Kier alpha value is -0.430. The van der Waals surface area contributed by atoms with Gasteiger partial charge in [0.15, 0.2) is 0 Å². The second-order valence-electron chi connectivity index (χ2n) is 7.35. The molecule has 2 N–H and O–H groups in total. The van der Waals surface area contributed by atoms with Crippen LogP contribution in [0.3, 0.4) is 0 Å². The van der Waals surface area contributed by atoms with Gasteiger partial charge in [0, 0.05) is 10.9 Å². The van der Waals surface area contributed by atoms with E-state index in [4.69, 9.17) is 5.11 Å². The molecule has 0 radical (unpaired) electrons. The van der Waals surface area contributed by atoms with E-state index in [0.717, 1.165) is 24.2 Å². The lowest BCUT2D eigenvalue weighted by Crippen LogP contribution is -2.52. The summed E-state index contributed by atoms with van der Waals surface area (Å²) in [6, 6.07) is 3.24. The molecule has 0 saturated heterocycles. The molecular weight excluding hydrogens is 306 g/mol. The molecule has 3 unspecified atom stereocenters. The molecule has 0 spiro atoms. The Bertz CT molecular complexity index is 645. The third-order valence-corrected chi connectivity index (χ3v) is 8.59. The Balaban J connectivity index is 1.89. The Morgan fingerprint density at radius 2 is 2.10 bits per heavy atom. The van der Waals surface area contributed by atoms with E-state index in [1.165, 1.54) is 6.42 Å². The molecule has 21 heavy (non-hydrogen) atoms. The van der Waals surface area contributed by atoms with Gasteiger partial charge in [0.25, 0.3) is 0 Å². The highest BCUT2D eigenvalue weighted by Crippen LogP contribution is 2.62. The van der Waals surface area contributed by atoms with Gasteiger partial charge < -0.3 is 5.11 Å². The number of aliphatic hydroxyl groups excluding tert-OH is 1. The predicted molar refractivity (Wildman–Crippen MR) is 83.6 cm³/mol. The molecule has 3 rings (SSSR count). The maximum atomic E-state index is 12.6. The normalized spacial score (nSPS) is 34.5. The number of sulfonamides is 1. The molecule has 2 bridgehead atoms. The Kier molecular flexibility index (Phi) is 3.52. The van der Waals surface area contributed by atoms with Crippen molar-refractivity contribution in [3.8, 4) is 0 Å². The summed E-state index contributed by atoms with van der Waals surface area (Å²) in [6.45, 7) is 6.46. The number of rotatable bonds is 4. The Morgan fingerprint density at radius 3 is 2.62 bits per heavy atom. The van der Waals surface area contributed by atoms with Crippen LogP contribution < -0.4 is 4.72 Å². The van der Waals surface area contributed by atoms with Crippen LogP contribution in [-0.2, 0) is 16.6 Å². The lowest BCUT2D eigenvalue weighted by molar-refractivity contribution is 0.127. The van der Waals surface area contributed by atoms with Gasteiger partial charge in [0.2, 0.25) is 10.0 Å². The molecule has 2 aliphatic rings. The average Bonchev–Trinajstić information content (AvgIpc) is 3.06. The van der Waals surface area contributed by atoms with E-state index < -0.39 is 10.0 Å². The molecule has 2 aliphatic carbocycles. The summed E-state index contributed by atoms with van der Waals surface area (Å²) < 4.78 is 28.6. The van der Waals surface area contributed by atoms with Gasteiger partial charge >= 0.3 is 0 Å². The van der Waals surface area contributed by atoms with Crippen molar-refractivity contribution in [2.45, 2.75) is 56.9 Å². The van der Waals surface area contributed by atoms with Gasteiger partial charge in [0.05, 0.1) is 6.61 Å². The quantitative estimate of drug-likeness (QED) is 0.892. The molecule has 0 aliphatic heterocycles. The number of fused-ring (bicyclic) bond motifs is 2. The van der Waals surface area contributed by atoms with Crippen molar-refractivity contribution in [2.75, 3.05) is 0 Å². The zero-order chi connectivity index (χ0) is 15.5. The monoisotopic (exact) mass is 329 g/mol. The van der Waals surface area contributed by atoms with Gasteiger partial charge in [-0.25, -0.2) is 13.1 Å². The zero-order valence-corrected chi connectivity index (χ0v) is 14.4. The molecule has 6 heteroatoms. The zero-order valence-electron chi connectivity index (χ0n) is 12.7. The van der Waals surface area contributed by atoms with Gasteiger partial charge in [-0.05, 0) is 48.1 Å². The number of hydrogen-bond donors (Lipinski definition) is 2. The summed E-state index contributed by atoms with van der Waals surface area (Å²) >= 11 is 1.14. The molecular formula is C15H23NO3S2. The number of thiophene rings is 1. The van der Waals surface area contributed by atoms with E-state index in [-0.39, 0.29) is 23.5 Å². The fraction of sp³-hybridized carbons (Fsp3) is 0.733. The van der Waals surface area contributed by atoms with Crippen molar-refractivity contribution >= 4 is 21.4 Å². The molecule has 0 amide bonds. The van der Waals surface area contributed by atoms with E-state index in [1.54, 1.807) is 12.1 Å². The van der Waals surface area contributed by atoms with Gasteiger partial charge in [-0.3, -0.25) is 0 Å². The van der Waals surface area contributed by atoms with E-state index >= 15 is 0 Å². The summed E-state index contributed by atoms with van der Waals surface area (Å²) in [7, 11) is -3.51. The predicted octanol–water partition coefficient (Wildman–Crippen LogP) is 2.73. The van der Waals surface area contributed by atoms with E-state index in [1.807, 2.05) is 0 Å². The molecule has 1 heterocycles. The van der Waals surface area contributed by atoms with Crippen molar-refractivity contribution in [3.05, 3.63) is 17.0 Å². The summed E-state index contributed by atoms with van der Waals surface area (Å²) in [5.41, 5.74) is 0.0649. The smallest absolute Gasteiger partial charge is 0.250 e. The highest BCUT2D eigenvalue weighted by molar-refractivity contribution is 7.91. The topological polar surface area (TPSA) is 66.4 Å². The summed E-state index contributed by atoms with van der Waals surface area (Å²) in [5, 5.41) is 9.11. The van der Waals surface area contributed by atoms with Crippen LogP contribution in [0.15, 0.2) is 16.3 Å². The van der Waals surface area contributed by atoms with Crippen LogP contribution in [0.25, 0.3) is 0 Å².